The lowest BCUT2D eigenvalue weighted by Crippen LogP contribution is -2.35. The molecule has 0 fully saturated rings. The summed E-state index contributed by atoms with van der Waals surface area (Å²) in [5.41, 5.74) is 3.07. The van der Waals surface area contributed by atoms with Crippen LogP contribution in [0.3, 0.4) is 0 Å². The van der Waals surface area contributed by atoms with Crippen molar-refractivity contribution in [2.45, 2.75) is 58.8 Å². The molecule has 0 aliphatic carbocycles. The third kappa shape index (κ3) is 5.92. The summed E-state index contributed by atoms with van der Waals surface area (Å²) in [7, 11) is -1.14. The van der Waals surface area contributed by atoms with Crippen LogP contribution in [0.15, 0.2) is 23.1 Å². The van der Waals surface area contributed by atoms with Gasteiger partial charge in [-0.1, -0.05) is 25.7 Å². The number of carbonyl (C=O) groups is 1. The van der Waals surface area contributed by atoms with Crippen molar-refractivity contribution in [2.24, 2.45) is 0 Å². The number of fused-ring (bicyclic) bond motifs is 1. The third-order valence-corrected chi connectivity index (χ3v) is 6.77. The summed E-state index contributed by atoms with van der Waals surface area (Å²) in [4.78, 5) is 23.3. The first-order valence-corrected chi connectivity index (χ1v) is 14.7. The summed E-state index contributed by atoms with van der Waals surface area (Å²) in [6, 6.07) is 1.12. The molecule has 3 rings (SSSR count). The summed E-state index contributed by atoms with van der Waals surface area (Å²) in [5, 5.41) is 0. The van der Waals surface area contributed by atoms with E-state index in [1.165, 1.54) is 0 Å². The van der Waals surface area contributed by atoms with Crippen molar-refractivity contribution >= 4 is 46.8 Å². The topological polar surface area (TPSA) is 69.5 Å². The molecule has 0 atom stereocenters. The third-order valence-electron chi connectivity index (χ3n) is 4.68. The Morgan fingerprint density at radius 2 is 2.03 bits per heavy atom. The van der Waals surface area contributed by atoms with Crippen molar-refractivity contribution < 1.29 is 14.3 Å². The molecule has 0 saturated carbocycles. The summed E-state index contributed by atoms with van der Waals surface area (Å²) in [5.74, 6) is 0. The van der Waals surface area contributed by atoms with Gasteiger partial charge in [0.25, 0.3) is 0 Å². The van der Waals surface area contributed by atoms with E-state index in [1.807, 2.05) is 31.5 Å². The molecule has 1 amide bonds. The van der Waals surface area contributed by atoms with Crippen LogP contribution in [0.1, 0.15) is 26.3 Å². The summed E-state index contributed by atoms with van der Waals surface area (Å²) in [6.07, 6.45) is 5.47. The van der Waals surface area contributed by atoms with E-state index in [4.69, 9.17) is 9.47 Å². The molecule has 0 aromatic carbocycles. The van der Waals surface area contributed by atoms with Gasteiger partial charge >= 0.3 is 6.09 Å². The van der Waals surface area contributed by atoms with Gasteiger partial charge in [-0.05, 0) is 48.3 Å². The van der Waals surface area contributed by atoms with Gasteiger partial charge in [-0.2, -0.15) is 0 Å². The second kappa shape index (κ2) is 8.80. The van der Waals surface area contributed by atoms with Crippen molar-refractivity contribution in [3.8, 4) is 0 Å². The van der Waals surface area contributed by atoms with E-state index in [-0.39, 0.29) is 6.09 Å². The standard InChI is InChI=1S/C21H31BrN4O3Si/c1-21(2,3)29-20(27)25-8-7-15(12-25)16-13-26(14-28-9-10-30(4,5)6)19-18(16)24-17(22)11-23-19/h7,11,13H,8-10,12,14H2,1-6H3. The average molecular weight is 495 g/mol. The second-order valence-corrected chi connectivity index (χ2v) is 16.2. The zero-order valence-electron chi connectivity index (χ0n) is 18.7. The SMILES string of the molecule is CC(C)(C)OC(=O)N1CC=C(c2cn(COCC[Si](C)(C)C)c3ncc(Br)nc23)C1. The molecule has 2 aromatic rings. The number of aromatic nitrogens is 3. The van der Waals surface area contributed by atoms with Gasteiger partial charge in [-0.3, -0.25) is 0 Å². The lowest BCUT2D eigenvalue weighted by atomic mass is 10.1. The summed E-state index contributed by atoms with van der Waals surface area (Å²) in [6.45, 7) is 14.8. The van der Waals surface area contributed by atoms with E-state index < -0.39 is 13.7 Å². The van der Waals surface area contributed by atoms with Gasteiger partial charge in [0.1, 0.15) is 22.5 Å². The number of hydrogen-bond acceptors (Lipinski definition) is 5. The van der Waals surface area contributed by atoms with Crippen LogP contribution < -0.4 is 0 Å². The second-order valence-electron chi connectivity index (χ2n) is 9.82. The lowest BCUT2D eigenvalue weighted by molar-refractivity contribution is 0.0306. The van der Waals surface area contributed by atoms with E-state index in [9.17, 15) is 4.79 Å². The molecular weight excluding hydrogens is 464 g/mol. The number of rotatable bonds is 6. The van der Waals surface area contributed by atoms with Crippen LogP contribution in [0.25, 0.3) is 16.7 Å². The zero-order chi connectivity index (χ0) is 22.1. The highest BCUT2D eigenvalue weighted by Gasteiger charge is 2.27. The van der Waals surface area contributed by atoms with Crippen LogP contribution in [0.4, 0.5) is 4.79 Å². The molecule has 3 heterocycles. The van der Waals surface area contributed by atoms with E-state index in [2.05, 4.69) is 51.6 Å². The highest BCUT2D eigenvalue weighted by Crippen LogP contribution is 2.30. The largest absolute Gasteiger partial charge is 0.444 e. The predicted octanol–water partition coefficient (Wildman–Crippen LogP) is 5.14. The van der Waals surface area contributed by atoms with Crippen molar-refractivity contribution in [2.75, 3.05) is 19.7 Å². The monoisotopic (exact) mass is 494 g/mol. The van der Waals surface area contributed by atoms with Gasteiger partial charge in [-0.25, -0.2) is 14.8 Å². The fourth-order valence-corrected chi connectivity index (χ4v) is 4.16. The van der Waals surface area contributed by atoms with Crippen LogP contribution in [-0.2, 0) is 16.2 Å². The Bertz CT molecular complexity index is 960. The first-order chi connectivity index (χ1) is 13.9. The molecule has 0 saturated heterocycles. The van der Waals surface area contributed by atoms with Crippen molar-refractivity contribution in [1.29, 1.82) is 0 Å². The Kier molecular flexibility index (Phi) is 6.74. The van der Waals surface area contributed by atoms with E-state index >= 15 is 0 Å². The van der Waals surface area contributed by atoms with Gasteiger partial charge in [0.05, 0.1) is 6.20 Å². The highest BCUT2D eigenvalue weighted by atomic mass is 79.9. The molecule has 1 aliphatic rings. The number of hydrogen-bond donors (Lipinski definition) is 0. The average Bonchev–Trinajstić information content (AvgIpc) is 3.21. The van der Waals surface area contributed by atoms with Gasteiger partial charge in [0, 0.05) is 39.5 Å². The maximum atomic E-state index is 12.4. The Balaban J connectivity index is 1.77. The van der Waals surface area contributed by atoms with Crippen molar-refractivity contribution in [3.05, 3.63) is 28.6 Å². The lowest BCUT2D eigenvalue weighted by Gasteiger charge is -2.24. The molecule has 30 heavy (non-hydrogen) atoms. The van der Waals surface area contributed by atoms with Crippen LogP contribution in [0.2, 0.25) is 25.7 Å². The fourth-order valence-electron chi connectivity index (χ4n) is 3.12. The smallest absolute Gasteiger partial charge is 0.410 e. The Morgan fingerprint density at radius 3 is 2.70 bits per heavy atom. The van der Waals surface area contributed by atoms with Crippen molar-refractivity contribution in [3.63, 3.8) is 0 Å². The molecule has 0 bridgehead atoms. The first-order valence-electron chi connectivity index (χ1n) is 10.2. The fraction of sp³-hybridized carbons (Fsp3) is 0.571. The van der Waals surface area contributed by atoms with Crippen LogP contribution in [0.5, 0.6) is 0 Å². The maximum Gasteiger partial charge on any atom is 0.410 e. The summed E-state index contributed by atoms with van der Waals surface area (Å²) < 4.78 is 14.1. The number of halogens is 1. The number of carbonyl (C=O) groups excluding carboxylic acids is 1. The Hall–Kier alpha value is -1.71. The molecule has 0 unspecified atom stereocenters. The van der Waals surface area contributed by atoms with Crippen LogP contribution in [-0.4, -0.2) is 58.9 Å². The van der Waals surface area contributed by atoms with E-state index in [1.54, 1.807) is 11.1 Å². The Morgan fingerprint density at radius 1 is 1.30 bits per heavy atom. The normalized spacial score (nSPS) is 15.0. The van der Waals surface area contributed by atoms with Crippen molar-refractivity contribution in [1.82, 2.24) is 19.4 Å². The minimum atomic E-state index is -1.14. The molecule has 0 spiro atoms. The molecule has 2 aromatic heterocycles. The minimum absolute atomic E-state index is 0.306. The highest BCUT2D eigenvalue weighted by molar-refractivity contribution is 9.10. The molecule has 1 aliphatic heterocycles. The van der Waals surface area contributed by atoms with E-state index in [0.717, 1.165) is 35.0 Å². The van der Waals surface area contributed by atoms with Gasteiger partial charge in [0.2, 0.25) is 0 Å². The number of nitrogens with zero attached hydrogens (tertiary/aromatic N) is 4. The van der Waals surface area contributed by atoms with Gasteiger partial charge in [-0.15, -0.1) is 0 Å². The first kappa shape index (κ1) is 23.0. The quantitative estimate of drug-likeness (QED) is 0.410. The molecular formula is C21H31BrN4O3Si. The summed E-state index contributed by atoms with van der Waals surface area (Å²) >= 11 is 3.42. The number of ether oxygens (including phenoxy) is 2. The van der Waals surface area contributed by atoms with Gasteiger partial charge in [0.15, 0.2) is 5.65 Å². The minimum Gasteiger partial charge on any atom is -0.444 e. The van der Waals surface area contributed by atoms with E-state index in [0.29, 0.717) is 24.4 Å². The predicted molar refractivity (Wildman–Crippen MR) is 125 cm³/mol. The molecule has 7 nitrogen and oxygen atoms in total. The van der Waals surface area contributed by atoms with Gasteiger partial charge < -0.3 is 18.9 Å². The molecule has 9 heteroatoms. The van der Waals surface area contributed by atoms with Crippen LogP contribution >= 0.6 is 15.9 Å². The number of amides is 1. The molecule has 0 radical (unpaired) electrons. The maximum absolute atomic E-state index is 12.4. The van der Waals surface area contributed by atoms with Crippen LogP contribution in [0, 0.1) is 0 Å². The molecule has 164 valence electrons. The molecule has 0 N–H and O–H groups in total. The zero-order valence-corrected chi connectivity index (χ0v) is 21.2. The Labute approximate surface area is 187 Å².